The van der Waals surface area contributed by atoms with Crippen LogP contribution >= 0.6 is 0 Å². The van der Waals surface area contributed by atoms with E-state index >= 15 is 0 Å². The Morgan fingerprint density at radius 3 is 2.66 bits per heavy atom. The molecule has 1 aromatic heterocycles. The fourth-order valence-corrected chi connectivity index (χ4v) is 4.48. The van der Waals surface area contributed by atoms with Crippen LogP contribution in [0.3, 0.4) is 0 Å². The van der Waals surface area contributed by atoms with Gasteiger partial charge in [-0.1, -0.05) is 32.0 Å². The molecule has 0 unspecified atom stereocenters. The van der Waals surface area contributed by atoms with E-state index in [-0.39, 0.29) is 11.3 Å². The smallest absolute Gasteiger partial charge is 0.287 e. The first-order chi connectivity index (χ1) is 15.4. The lowest BCUT2D eigenvalue weighted by Crippen LogP contribution is -2.38. The molecule has 7 nitrogen and oxygen atoms in total. The van der Waals surface area contributed by atoms with Gasteiger partial charge in [-0.2, -0.15) is 5.10 Å². The maximum Gasteiger partial charge on any atom is 0.287 e. The minimum absolute atomic E-state index is 0.0143. The van der Waals surface area contributed by atoms with Crippen LogP contribution in [0.25, 0.3) is 0 Å². The maximum absolute atomic E-state index is 12.9. The zero-order valence-electron chi connectivity index (χ0n) is 19.4. The summed E-state index contributed by atoms with van der Waals surface area (Å²) in [6.07, 6.45) is 2.52. The molecule has 1 saturated heterocycles. The lowest BCUT2D eigenvalue weighted by atomic mass is 9.75. The molecule has 4 rings (SSSR count). The Bertz CT molecular complexity index is 959. The zero-order chi connectivity index (χ0) is 22.6. The predicted octanol–water partition coefficient (Wildman–Crippen LogP) is 3.83. The van der Waals surface area contributed by atoms with Gasteiger partial charge in [0.2, 0.25) is 0 Å². The number of anilines is 1. The van der Waals surface area contributed by atoms with Gasteiger partial charge in [0.1, 0.15) is 5.76 Å². The molecule has 172 valence electrons. The number of morpholine rings is 1. The standard InChI is InChI=1S/C25H34N4O3/c1-18-22-20(28-27-19-8-5-4-6-9-19)16-25(2,3)17-21(22)32-23(18)24(30)26-10-7-11-29-12-14-31-15-13-29/h4-6,8-9,27H,7,10-17H2,1-3H3,(H,26,30)/b28-20-. The van der Waals surface area contributed by atoms with Gasteiger partial charge in [0.15, 0.2) is 5.76 Å². The van der Waals surface area contributed by atoms with E-state index in [1.807, 2.05) is 37.3 Å². The summed E-state index contributed by atoms with van der Waals surface area (Å²) in [7, 11) is 0. The van der Waals surface area contributed by atoms with E-state index in [0.29, 0.717) is 12.3 Å². The number of hydrogen-bond acceptors (Lipinski definition) is 6. The highest BCUT2D eigenvalue weighted by Gasteiger charge is 2.36. The summed E-state index contributed by atoms with van der Waals surface area (Å²) >= 11 is 0. The number of ether oxygens (including phenoxy) is 1. The van der Waals surface area contributed by atoms with E-state index in [4.69, 9.17) is 14.3 Å². The van der Waals surface area contributed by atoms with Crippen LogP contribution in [0.15, 0.2) is 39.9 Å². The van der Waals surface area contributed by atoms with E-state index in [1.54, 1.807) is 0 Å². The molecule has 0 saturated carbocycles. The molecule has 32 heavy (non-hydrogen) atoms. The largest absolute Gasteiger partial charge is 0.455 e. The Kier molecular flexibility index (Phi) is 6.96. The van der Waals surface area contributed by atoms with Crippen LogP contribution in [0, 0.1) is 12.3 Å². The number of rotatable bonds is 7. The van der Waals surface area contributed by atoms with Crippen molar-refractivity contribution in [2.24, 2.45) is 10.5 Å². The molecule has 1 aromatic carbocycles. The van der Waals surface area contributed by atoms with Crippen LogP contribution in [0.1, 0.15) is 54.1 Å². The Hall–Kier alpha value is -2.64. The number of hydrogen-bond donors (Lipinski definition) is 2. The molecule has 2 N–H and O–H groups in total. The van der Waals surface area contributed by atoms with Crippen molar-refractivity contribution in [1.29, 1.82) is 0 Å². The first-order valence-corrected chi connectivity index (χ1v) is 11.5. The molecule has 1 aliphatic heterocycles. The van der Waals surface area contributed by atoms with Crippen molar-refractivity contribution in [3.05, 3.63) is 53.0 Å². The van der Waals surface area contributed by atoms with E-state index in [9.17, 15) is 4.79 Å². The third kappa shape index (κ3) is 5.40. The number of hydrazone groups is 1. The van der Waals surface area contributed by atoms with Gasteiger partial charge in [-0.3, -0.25) is 15.1 Å². The van der Waals surface area contributed by atoms with Gasteiger partial charge in [0.25, 0.3) is 5.91 Å². The summed E-state index contributed by atoms with van der Waals surface area (Å²) in [4.78, 5) is 15.3. The van der Waals surface area contributed by atoms with E-state index in [0.717, 1.165) is 80.4 Å². The van der Waals surface area contributed by atoms with Gasteiger partial charge in [-0.05, 0) is 43.9 Å². The average Bonchev–Trinajstić information content (AvgIpc) is 3.11. The van der Waals surface area contributed by atoms with Crippen molar-refractivity contribution in [2.45, 2.75) is 40.0 Å². The molecule has 0 atom stereocenters. The van der Waals surface area contributed by atoms with Gasteiger partial charge in [0.05, 0.1) is 24.6 Å². The number of nitrogens with zero attached hydrogens (tertiary/aromatic N) is 2. The number of carbonyl (C=O) groups excluding carboxylic acids is 1. The zero-order valence-corrected chi connectivity index (χ0v) is 19.4. The fourth-order valence-electron chi connectivity index (χ4n) is 4.48. The number of amides is 1. The quantitative estimate of drug-likeness (QED) is 0.507. The highest BCUT2D eigenvalue weighted by molar-refractivity contribution is 6.07. The SMILES string of the molecule is Cc1c(C(=O)NCCCN2CCOCC2)oc2c1/C(=N\Nc1ccccc1)CC(C)(C)C2. The minimum Gasteiger partial charge on any atom is -0.455 e. The third-order valence-corrected chi connectivity index (χ3v) is 6.13. The second-order valence-electron chi connectivity index (χ2n) is 9.47. The van der Waals surface area contributed by atoms with Crippen molar-refractivity contribution in [2.75, 3.05) is 44.8 Å². The molecule has 0 bridgehead atoms. The number of furan rings is 1. The van der Waals surface area contributed by atoms with Gasteiger partial charge in [-0.15, -0.1) is 0 Å². The van der Waals surface area contributed by atoms with E-state index < -0.39 is 0 Å². The van der Waals surface area contributed by atoms with Crippen LogP contribution in [-0.2, 0) is 11.2 Å². The number of carbonyl (C=O) groups is 1. The minimum atomic E-state index is -0.146. The van der Waals surface area contributed by atoms with Crippen molar-refractivity contribution in [1.82, 2.24) is 10.2 Å². The van der Waals surface area contributed by atoms with Crippen molar-refractivity contribution in [3.8, 4) is 0 Å². The molecule has 2 aliphatic rings. The molecule has 0 spiro atoms. The second-order valence-corrected chi connectivity index (χ2v) is 9.47. The fraction of sp³-hybridized carbons (Fsp3) is 0.520. The third-order valence-electron chi connectivity index (χ3n) is 6.13. The lowest BCUT2D eigenvalue weighted by Gasteiger charge is -2.29. The summed E-state index contributed by atoms with van der Waals surface area (Å²) in [5.74, 6) is 1.12. The van der Waals surface area contributed by atoms with Crippen LogP contribution in [-0.4, -0.2) is 55.9 Å². The van der Waals surface area contributed by atoms with Crippen LogP contribution in [0.4, 0.5) is 5.69 Å². The monoisotopic (exact) mass is 438 g/mol. The Morgan fingerprint density at radius 1 is 1.16 bits per heavy atom. The number of benzene rings is 1. The summed E-state index contributed by atoms with van der Waals surface area (Å²) in [5.41, 5.74) is 6.90. The number of fused-ring (bicyclic) bond motifs is 1. The first-order valence-electron chi connectivity index (χ1n) is 11.5. The van der Waals surface area contributed by atoms with E-state index in [2.05, 4.69) is 29.5 Å². The molecule has 0 radical (unpaired) electrons. The summed E-state index contributed by atoms with van der Waals surface area (Å²) < 4.78 is 11.5. The molecule has 2 aromatic rings. The van der Waals surface area contributed by atoms with Crippen LogP contribution < -0.4 is 10.7 Å². The van der Waals surface area contributed by atoms with Crippen molar-refractivity contribution < 1.29 is 13.9 Å². The predicted molar refractivity (Wildman–Crippen MR) is 126 cm³/mol. The number of para-hydroxylation sites is 1. The van der Waals surface area contributed by atoms with Crippen molar-refractivity contribution in [3.63, 3.8) is 0 Å². The lowest BCUT2D eigenvalue weighted by molar-refractivity contribution is 0.0374. The maximum atomic E-state index is 12.9. The second kappa shape index (κ2) is 9.88. The van der Waals surface area contributed by atoms with E-state index in [1.165, 1.54) is 0 Å². The normalized spacial score (nSPS) is 19.5. The van der Waals surface area contributed by atoms with Gasteiger partial charge >= 0.3 is 0 Å². The summed E-state index contributed by atoms with van der Waals surface area (Å²) in [6.45, 7) is 11.5. The molecular formula is C25H34N4O3. The highest BCUT2D eigenvalue weighted by Crippen LogP contribution is 2.39. The van der Waals surface area contributed by atoms with Gasteiger partial charge in [-0.25, -0.2) is 0 Å². The Labute approximate surface area is 190 Å². The molecule has 1 amide bonds. The molecule has 2 heterocycles. The topological polar surface area (TPSA) is 79.1 Å². The molecule has 7 heteroatoms. The first kappa shape index (κ1) is 22.6. The van der Waals surface area contributed by atoms with Crippen molar-refractivity contribution >= 4 is 17.3 Å². The Balaban J connectivity index is 1.44. The van der Waals surface area contributed by atoms with Gasteiger partial charge < -0.3 is 14.5 Å². The van der Waals surface area contributed by atoms with Crippen LogP contribution in [0.5, 0.6) is 0 Å². The summed E-state index contributed by atoms with van der Waals surface area (Å²) in [5, 5.41) is 7.75. The number of nitrogens with one attached hydrogen (secondary N) is 2. The molecule has 1 fully saturated rings. The Morgan fingerprint density at radius 2 is 1.91 bits per heavy atom. The summed E-state index contributed by atoms with van der Waals surface area (Å²) in [6, 6.07) is 9.90. The molecular weight excluding hydrogens is 404 g/mol. The van der Waals surface area contributed by atoms with Crippen LogP contribution in [0.2, 0.25) is 0 Å². The average molecular weight is 439 g/mol. The highest BCUT2D eigenvalue weighted by atomic mass is 16.5. The molecule has 1 aliphatic carbocycles. The van der Waals surface area contributed by atoms with Gasteiger partial charge in [0, 0.05) is 37.2 Å².